The fourth-order valence-electron chi connectivity index (χ4n) is 2.86. The summed E-state index contributed by atoms with van der Waals surface area (Å²) in [7, 11) is 1.43. The predicted molar refractivity (Wildman–Crippen MR) is 102 cm³/mol. The smallest absolute Gasteiger partial charge is 0.374 e. The minimum atomic E-state index is -5.05. The van der Waals surface area contributed by atoms with Crippen LogP contribution in [0.25, 0.3) is 10.2 Å². The lowest BCUT2D eigenvalue weighted by Gasteiger charge is -2.32. The Bertz CT molecular complexity index is 941. The third-order valence-electron chi connectivity index (χ3n) is 4.78. The second-order valence-electron chi connectivity index (χ2n) is 6.61. The summed E-state index contributed by atoms with van der Waals surface area (Å²) in [6, 6.07) is 15.0. The summed E-state index contributed by atoms with van der Waals surface area (Å²) >= 11 is 0.738. The molecule has 0 aliphatic heterocycles. The number of amides is 1. The first-order valence-electron chi connectivity index (χ1n) is 8.59. The number of fused-ring (bicyclic) bond motifs is 1. The van der Waals surface area contributed by atoms with Gasteiger partial charge in [0.15, 0.2) is 0 Å². The van der Waals surface area contributed by atoms with Crippen molar-refractivity contribution >= 4 is 27.5 Å². The molecule has 0 fully saturated rings. The molecule has 28 heavy (non-hydrogen) atoms. The molecule has 0 aliphatic carbocycles. The average Bonchev–Trinajstić information content (AvgIpc) is 3.11. The van der Waals surface area contributed by atoms with E-state index in [4.69, 9.17) is 0 Å². The Morgan fingerprint density at radius 1 is 1.14 bits per heavy atom. The van der Waals surface area contributed by atoms with Crippen LogP contribution in [-0.2, 0) is 10.4 Å². The van der Waals surface area contributed by atoms with Gasteiger partial charge < -0.3 is 10.0 Å². The molecular weight excluding hydrogens is 389 g/mol. The summed E-state index contributed by atoms with van der Waals surface area (Å²) in [5.41, 5.74) is -2.21. The first kappa shape index (κ1) is 20.3. The third kappa shape index (κ3) is 3.74. The Morgan fingerprint density at radius 3 is 2.36 bits per heavy atom. The standard InChI is InChI=1S/C20H19F3N2O2S/c1-13(14-8-4-3-5-9-14)25(2)17(26)12-19(27,20(21,22)23)18-24-15-10-6-7-11-16(15)28-18/h3-11,13,27H,12H2,1-2H3. The molecule has 0 aliphatic rings. The number of benzene rings is 2. The molecule has 148 valence electrons. The van der Waals surface area contributed by atoms with Crippen molar-refractivity contribution in [2.45, 2.75) is 31.2 Å². The summed E-state index contributed by atoms with van der Waals surface area (Å²) in [5.74, 6) is -0.824. The fourth-order valence-corrected chi connectivity index (χ4v) is 3.93. The Morgan fingerprint density at radius 2 is 1.75 bits per heavy atom. The Balaban J connectivity index is 1.91. The molecule has 3 rings (SSSR count). The zero-order valence-electron chi connectivity index (χ0n) is 15.3. The zero-order chi connectivity index (χ0) is 20.5. The van der Waals surface area contributed by atoms with Gasteiger partial charge in [0.2, 0.25) is 11.5 Å². The Kier molecular flexibility index (Phi) is 5.45. The quantitative estimate of drug-likeness (QED) is 0.668. The van der Waals surface area contributed by atoms with Crippen LogP contribution >= 0.6 is 11.3 Å². The van der Waals surface area contributed by atoms with Crippen molar-refractivity contribution in [3.05, 3.63) is 65.2 Å². The highest BCUT2D eigenvalue weighted by atomic mass is 32.1. The van der Waals surface area contributed by atoms with Crippen LogP contribution in [0, 0.1) is 0 Å². The van der Waals surface area contributed by atoms with E-state index in [0.29, 0.717) is 10.2 Å². The molecule has 1 amide bonds. The molecule has 8 heteroatoms. The first-order valence-corrected chi connectivity index (χ1v) is 9.41. The number of alkyl halides is 3. The molecule has 0 radical (unpaired) electrons. The second-order valence-corrected chi connectivity index (χ2v) is 7.64. The number of aliphatic hydroxyl groups is 1. The van der Waals surface area contributed by atoms with Crippen LogP contribution in [0.1, 0.15) is 30.0 Å². The van der Waals surface area contributed by atoms with E-state index in [1.54, 1.807) is 55.5 Å². The van der Waals surface area contributed by atoms with Crippen LogP contribution in [0.2, 0.25) is 0 Å². The number of thiazole rings is 1. The summed E-state index contributed by atoms with van der Waals surface area (Å²) in [4.78, 5) is 17.8. The molecule has 0 saturated heterocycles. The highest BCUT2D eigenvalue weighted by molar-refractivity contribution is 7.18. The van der Waals surface area contributed by atoms with Crippen molar-refractivity contribution in [3.63, 3.8) is 0 Å². The van der Waals surface area contributed by atoms with Crippen LogP contribution in [0.3, 0.4) is 0 Å². The van der Waals surface area contributed by atoms with E-state index in [-0.39, 0.29) is 0 Å². The van der Waals surface area contributed by atoms with Gasteiger partial charge in [0.25, 0.3) is 0 Å². The number of para-hydroxylation sites is 1. The van der Waals surface area contributed by atoms with Crippen LogP contribution in [0.5, 0.6) is 0 Å². The number of nitrogens with zero attached hydrogens (tertiary/aromatic N) is 2. The van der Waals surface area contributed by atoms with Gasteiger partial charge in [-0.3, -0.25) is 4.79 Å². The molecule has 2 atom stereocenters. The monoisotopic (exact) mass is 408 g/mol. The van der Waals surface area contributed by atoms with Crippen LogP contribution < -0.4 is 0 Å². The van der Waals surface area contributed by atoms with Gasteiger partial charge in [0.1, 0.15) is 5.01 Å². The minimum Gasteiger partial charge on any atom is -0.374 e. The molecule has 0 spiro atoms. The number of hydrogen-bond donors (Lipinski definition) is 1. The van der Waals surface area contributed by atoms with Gasteiger partial charge in [-0.05, 0) is 24.6 Å². The van der Waals surface area contributed by atoms with Crippen molar-refractivity contribution in [2.24, 2.45) is 0 Å². The normalized spacial score (nSPS) is 15.2. The van der Waals surface area contributed by atoms with Gasteiger partial charge in [-0.15, -0.1) is 11.3 Å². The van der Waals surface area contributed by atoms with Crippen LogP contribution in [0.4, 0.5) is 13.2 Å². The van der Waals surface area contributed by atoms with Gasteiger partial charge in [0, 0.05) is 7.05 Å². The summed E-state index contributed by atoms with van der Waals surface area (Å²) in [6.45, 7) is 1.72. The lowest BCUT2D eigenvalue weighted by Crippen LogP contribution is -2.46. The SMILES string of the molecule is CC(c1ccccc1)N(C)C(=O)CC(O)(c1nc2ccccc2s1)C(F)(F)F. The number of carbonyl (C=O) groups excluding carboxylic acids is 1. The molecule has 1 aromatic heterocycles. The highest BCUT2D eigenvalue weighted by Crippen LogP contribution is 2.44. The van der Waals surface area contributed by atoms with Gasteiger partial charge in [0.05, 0.1) is 22.7 Å². The van der Waals surface area contributed by atoms with Gasteiger partial charge in [-0.1, -0.05) is 42.5 Å². The number of rotatable bonds is 5. The van der Waals surface area contributed by atoms with Crippen LogP contribution in [-0.4, -0.2) is 34.1 Å². The maximum absolute atomic E-state index is 13.8. The maximum atomic E-state index is 13.8. The second kappa shape index (κ2) is 7.52. The third-order valence-corrected chi connectivity index (χ3v) is 5.97. The lowest BCUT2D eigenvalue weighted by molar-refractivity contribution is -0.268. The van der Waals surface area contributed by atoms with E-state index < -0.39 is 35.2 Å². The number of hydrogen-bond acceptors (Lipinski definition) is 4. The predicted octanol–water partition coefficient (Wildman–Crippen LogP) is 4.66. The largest absolute Gasteiger partial charge is 0.424 e. The zero-order valence-corrected chi connectivity index (χ0v) is 16.1. The molecule has 1 heterocycles. The number of aromatic nitrogens is 1. The molecule has 4 nitrogen and oxygen atoms in total. The van der Waals surface area contributed by atoms with Crippen molar-refractivity contribution in [2.75, 3.05) is 7.05 Å². The van der Waals surface area contributed by atoms with Crippen molar-refractivity contribution in [1.82, 2.24) is 9.88 Å². The average molecular weight is 408 g/mol. The summed E-state index contributed by atoms with van der Waals surface area (Å²) < 4.78 is 41.9. The van der Waals surface area contributed by atoms with Crippen molar-refractivity contribution in [1.29, 1.82) is 0 Å². The Labute approximate surface area is 164 Å². The van der Waals surface area contributed by atoms with E-state index in [1.165, 1.54) is 11.9 Å². The highest BCUT2D eigenvalue weighted by Gasteiger charge is 2.58. The summed E-state index contributed by atoms with van der Waals surface area (Å²) in [5, 5.41) is 10.0. The van der Waals surface area contributed by atoms with Crippen molar-refractivity contribution < 1.29 is 23.1 Å². The van der Waals surface area contributed by atoms with E-state index >= 15 is 0 Å². The van der Waals surface area contributed by atoms with E-state index in [1.807, 2.05) is 6.07 Å². The minimum absolute atomic E-state index is 0.351. The topological polar surface area (TPSA) is 53.4 Å². The fraction of sp³-hybridized carbons (Fsp3) is 0.300. The maximum Gasteiger partial charge on any atom is 0.424 e. The lowest BCUT2D eigenvalue weighted by atomic mass is 9.98. The van der Waals surface area contributed by atoms with E-state index in [2.05, 4.69) is 4.98 Å². The van der Waals surface area contributed by atoms with Gasteiger partial charge >= 0.3 is 6.18 Å². The van der Waals surface area contributed by atoms with Crippen molar-refractivity contribution in [3.8, 4) is 0 Å². The molecule has 0 bridgehead atoms. The number of halogens is 3. The van der Waals surface area contributed by atoms with E-state index in [0.717, 1.165) is 16.9 Å². The van der Waals surface area contributed by atoms with Gasteiger partial charge in [-0.25, -0.2) is 4.98 Å². The summed E-state index contributed by atoms with van der Waals surface area (Å²) in [6.07, 6.45) is -6.18. The molecule has 2 aromatic carbocycles. The van der Waals surface area contributed by atoms with E-state index in [9.17, 15) is 23.1 Å². The molecular formula is C20H19F3N2O2S. The Hall–Kier alpha value is -2.45. The molecule has 2 unspecified atom stereocenters. The molecule has 0 saturated carbocycles. The van der Waals surface area contributed by atoms with Gasteiger partial charge in [-0.2, -0.15) is 13.2 Å². The molecule has 3 aromatic rings. The number of carbonyl (C=O) groups is 1. The first-order chi connectivity index (χ1) is 13.1. The molecule has 1 N–H and O–H groups in total. The van der Waals surface area contributed by atoms with Crippen LogP contribution in [0.15, 0.2) is 54.6 Å².